The van der Waals surface area contributed by atoms with Crippen molar-refractivity contribution < 1.29 is 13.7 Å². The Morgan fingerprint density at radius 1 is 1.16 bits per heavy atom. The SMILES string of the molecule is CC(C)[C@H](NC(=O)/C=C/c1ccccc1)c1nc(-c2ccco2)no1. The molecule has 2 heterocycles. The van der Waals surface area contributed by atoms with Gasteiger partial charge in [0.1, 0.15) is 6.04 Å². The highest BCUT2D eigenvalue weighted by Gasteiger charge is 2.24. The molecule has 0 aliphatic heterocycles. The van der Waals surface area contributed by atoms with E-state index in [0.717, 1.165) is 5.56 Å². The number of amides is 1. The second-order valence-corrected chi connectivity index (χ2v) is 5.91. The fourth-order valence-corrected chi connectivity index (χ4v) is 2.32. The van der Waals surface area contributed by atoms with Crippen LogP contribution < -0.4 is 5.32 Å². The van der Waals surface area contributed by atoms with Gasteiger partial charge in [0.25, 0.3) is 0 Å². The van der Waals surface area contributed by atoms with E-state index in [1.165, 1.54) is 6.08 Å². The first kappa shape index (κ1) is 16.7. The molecular weight excluding hydrogens is 318 g/mol. The Morgan fingerprint density at radius 3 is 2.64 bits per heavy atom. The lowest BCUT2D eigenvalue weighted by Crippen LogP contribution is -2.30. The summed E-state index contributed by atoms with van der Waals surface area (Å²) in [5.41, 5.74) is 0.955. The summed E-state index contributed by atoms with van der Waals surface area (Å²) in [5.74, 6) is 1.09. The molecule has 0 spiro atoms. The lowest BCUT2D eigenvalue weighted by atomic mass is 10.0. The van der Waals surface area contributed by atoms with Crippen LogP contribution in [-0.4, -0.2) is 16.0 Å². The van der Waals surface area contributed by atoms with Crippen LogP contribution in [0.15, 0.2) is 63.7 Å². The van der Waals surface area contributed by atoms with Gasteiger partial charge in [0.2, 0.25) is 17.6 Å². The standard InChI is InChI=1S/C19H19N3O3/c1-13(2)17(19-21-18(22-25-19)15-9-6-12-24-15)20-16(23)11-10-14-7-4-3-5-8-14/h3-13,17H,1-2H3,(H,20,23)/b11-10+/t17-/m0/s1. The maximum atomic E-state index is 12.2. The summed E-state index contributed by atoms with van der Waals surface area (Å²) in [5, 5.41) is 6.82. The van der Waals surface area contributed by atoms with Crippen LogP contribution in [0.1, 0.15) is 31.3 Å². The van der Waals surface area contributed by atoms with Crippen LogP contribution in [0.2, 0.25) is 0 Å². The predicted molar refractivity (Wildman–Crippen MR) is 93.2 cm³/mol. The number of furan rings is 1. The average molecular weight is 337 g/mol. The van der Waals surface area contributed by atoms with Crippen molar-refractivity contribution in [1.29, 1.82) is 0 Å². The number of nitrogens with one attached hydrogen (secondary N) is 1. The number of hydrogen-bond donors (Lipinski definition) is 1. The number of nitrogens with zero attached hydrogens (tertiary/aromatic N) is 2. The Morgan fingerprint density at radius 2 is 1.96 bits per heavy atom. The summed E-state index contributed by atoms with van der Waals surface area (Å²) in [6.45, 7) is 3.95. The largest absolute Gasteiger partial charge is 0.461 e. The number of aromatic nitrogens is 2. The summed E-state index contributed by atoms with van der Waals surface area (Å²) in [6.07, 6.45) is 4.80. The Labute approximate surface area is 145 Å². The van der Waals surface area contributed by atoms with Crippen molar-refractivity contribution >= 4 is 12.0 Å². The third-order valence-corrected chi connectivity index (χ3v) is 3.64. The Bertz CT molecular complexity index is 836. The van der Waals surface area contributed by atoms with Gasteiger partial charge in [0.05, 0.1) is 6.26 Å². The van der Waals surface area contributed by atoms with Gasteiger partial charge >= 0.3 is 0 Å². The molecule has 1 aromatic carbocycles. The molecular formula is C19H19N3O3. The molecule has 1 atom stereocenters. The maximum Gasteiger partial charge on any atom is 0.249 e. The molecule has 2 aromatic heterocycles. The molecule has 0 bridgehead atoms. The summed E-state index contributed by atoms with van der Waals surface area (Å²) in [6, 6.07) is 12.7. The molecule has 0 fully saturated rings. The van der Waals surface area contributed by atoms with Crippen molar-refractivity contribution in [1.82, 2.24) is 15.5 Å². The summed E-state index contributed by atoms with van der Waals surface area (Å²) in [7, 11) is 0. The molecule has 0 unspecified atom stereocenters. The van der Waals surface area contributed by atoms with Crippen molar-refractivity contribution in [3.05, 3.63) is 66.3 Å². The van der Waals surface area contributed by atoms with Gasteiger partial charge in [-0.2, -0.15) is 4.98 Å². The molecule has 6 heteroatoms. The number of benzene rings is 1. The van der Waals surface area contributed by atoms with E-state index >= 15 is 0 Å². The Balaban J connectivity index is 1.71. The van der Waals surface area contributed by atoms with E-state index in [2.05, 4.69) is 15.5 Å². The zero-order chi connectivity index (χ0) is 17.6. The molecule has 3 rings (SSSR count). The second kappa shape index (κ2) is 7.61. The minimum absolute atomic E-state index is 0.0824. The highest BCUT2D eigenvalue weighted by atomic mass is 16.5. The van der Waals surface area contributed by atoms with Crippen molar-refractivity contribution in [2.75, 3.05) is 0 Å². The predicted octanol–water partition coefficient (Wildman–Crippen LogP) is 3.86. The normalized spacial score (nSPS) is 12.6. The number of carbonyl (C=O) groups is 1. The summed E-state index contributed by atoms with van der Waals surface area (Å²) in [4.78, 5) is 16.6. The highest BCUT2D eigenvalue weighted by molar-refractivity contribution is 5.91. The molecule has 128 valence electrons. The maximum absolute atomic E-state index is 12.2. The fraction of sp³-hybridized carbons (Fsp3) is 0.211. The van der Waals surface area contributed by atoms with E-state index < -0.39 is 0 Å². The minimum Gasteiger partial charge on any atom is -0.461 e. The van der Waals surface area contributed by atoms with Crippen molar-refractivity contribution in [3.8, 4) is 11.6 Å². The van der Waals surface area contributed by atoms with Crippen LogP contribution in [-0.2, 0) is 4.79 Å². The van der Waals surface area contributed by atoms with E-state index in [0.29, 0.717) is 17.5 Å². The van der Waals surface area contributed by atoms with Crippen LogP contribution in [0, 0.1) is 5.92 Å². The van der Waals surface area contributed by atoms with E-state index in [4.69, 9.17) is 8.94 Å². The molecule has 3 aromatic rings. The molecule has 0 aliphatic rings. The van der Waals surface area contributed by atoms with Crippen molar-refractivity contribution in [3.63, 3.8) is 0 Å². The topological polar surface area (TPSA) is 81.2 Å². The monoisotopic (exact) mass is 337 g/mol. The zero-order valence-corrected chi connectivity index (χ0v) is 14.0. The van der Waals surface area contributed by atoms with Gasteiger partial charge in [-0.25, -0.2) is 0 Å². The molecule has 6 nitrogen and oxygen atoms in total. The van der Waals surface area contributed by atoms with Crippen LogP contribution in [0.5, 0.6) is 0 Å². The molecule has 0 radical (unpaired) electrons. The summed E-state index contributed by atoms with van der Waals surface area (Å²) >= 11 is 0. The van der Waals surface area contributed by atoms with Gasteiger partial charge in [-0.05, 0) is 29.7 Å². The van der Waals surface area contributed by atoms with Crippen molar-refractivity contribution in [2.45, 2.75) is 19.9 Å². The van der Waals surface area contributed by atoms with E-state index in [9.17, 15) is 4.79 Å². The Kier molecular flexibility index (Phi) is 5.09. The van der Waals surface area contributed by atoms with Gasteiger partial charge in [-0.15, -0.1) is 0 Å². The molecule has 0 saturated carbocycles. The van der Waals surface area contributed by atoms with Gasteiger partial charge < -0.3 is 14.3 Å². The van der Waals surface area contributed by atoms with E-state index in [1.54, 1.807) is 24.5 Å². The van der Waals surface area contributed by atoms with E-state index in [-0.39, 0.29) is 17.9 Å². The second-order valence-electron chi connectivity index (χ2n) is 5.91. The first-order chi connectivity index (χ1) is 12.1. The van der Waals surface area contributed by atoms with Gasteiger partial charge in [0, 0.05) is 6.08 Å². The van der Waals surface area contributed by atoms with Gasteiger partial charge in [-0.1, -0.05) is 49.3 Å². The number of rotatable bonds is 6. The first-order valence-corrected chi connectivity index (χ1v) is 8.04. The smallest absolute Gasteiger partial charge is 0.249 e. The lowest BCUT2D eigenvalue weighted by molar-refractivity contribution is -0.117. The van der Waals surface area contributed by atoms with Crippen LogP contribution in [0.25, 0.3) is 17.7 Å². The number of carbonyl (C=O) groups excluding carboxylic acids is 1. The zero-order valence-electron chi connectivity index (χ0n) is 14.0. The molecule has 25 heavy (non-hydrogen) atoms. The molecule has 0 saturated heterocycles. The Hall–Kier alpha value is -3.15. The molecule has 1 N–H and O–H groups in total. The highest BCUT2D eigenvalue weighted by Crippen LogP contribution is 2.23. The summed E-state index contributed by atoms with van der Waals surface area (Å²) < 4.78 is 10.6. The number of hydrogen-bond acceptors (Lipinski definition) is 5. The van der Waals surface area contributed by atoms with Crippen LogP contribution in [0.4, 0.5) is 0 Å². The van der Waals surface area contributed by atoms with E-state index in [1.807, 2.05) is 44.2 Å². The third-order valence-electron chi connectivity index (χ3n) is 3.64. The van der Waals surface area contributed by atoms with Crippen LogP contribution >= 0.6 is 0 Å². The quantitative estimate of drug-likeness (QED) is 0.691. The van der Waals surface area contributed by atoms with Crippen molar-refractivity contribution in [2.24, 2.45) is 5.92 Å². The first-order valence-electron chi connectivity index (χ1n) is 8.04. The molecule has 1 amide bonds. The molecule has 0 aliphatic carbocycles. The van der Waals surface area contributed by atoms with Gasteiger partial charge in [0.15, 0.2) is 5.76 Å². The average Bonchev–Trinajstić information content (AvgIpc) is 3.29. The van der Waals surface area contributed by atoms with Gasteiger partial charge in [-0.3, -0.25) is 4.79 Å². The fourth-order valence-electron chi connectivity index (χ4n) is 2.32. The lowest BCUT2D eigenvalue weighted by Gasteiger charge is -2.17. The minimum atomic E-state index is -0.385. The van der Waals surface area contributed by atoms with Crippen LogP contribution in [0.3, 0.4) is 0 Å². The third kappa shape index (κ3) is 4.23.